The Bertz CT molecular complexity index is 631. The summed E-state index contributed by atoms with van der Waals surface area (Å²) < 4.78 is 5.58. The zero-order valence-corrected chi connectivity index (χ0v) is 13.7. The molecule has 0 aromatic heterocycles. The van der Waals surface area contributed by atoms with E-state index in [0.29, 0.717) is 11.3 Å². The summed E-state index contributed by atoms with van der Waals surface area (Å²) in [5.41, 5.74) is 6.44. The molecule has 2 heteroatoms. The fourth-order valence-electron chi connectivity index (χ4n) is 5.31. The average Bonchev–Trinajstić information content (AvgIpc) is 2.54. The van der Waals surface area contributed by atoms with E-state index < -0.39 is 0 Å². The Morgan fingerprint density at radius 1 is 1.18 bits per heavy atom. The first-order valence-electron chi connectivity index (χ1n) is 8.70. The van der Waals surface area contributed by atoms with Crippen molar-refractivity contribution in [2.24, 2.45) is 11.3 Å². The van der Waals surface area contributed by atoms with Crippen LogP contribution in [-0.2, 0) is 6.42 Å². The third-order valence-electron chi connectivity index (χ3n) is 6.55. The van der Waals surface area contributed by atoms with Gasteiger partial charge in [0.05, 0.1) is 13.2 Å². The lowest BCUT2D eigenvalue weighted by molar-refractivity contribution is 0.0290. The first-order valence-corrected chi connectivity index (χ1v) is 8.70. The molecule has 0 radical (unpaired) electrons. The van der Waals surface area contributed by atoms with E-state index in [9.17, 15) is 5.11 Å². The first kappa shape index (κ1) is 14.3. The second kappa shape index (κ2) is 5.13. The van der Waals surface area contributed by atoms with Crippen molar-refractivity contribution < 1.29 is 9.84 Å². The zero-order chi connectivity index (χ0) is 15.3. The molecule has 0 saturated heterocycles. The van der Waals surface area contributed by atoms with Crippen molar-refractivity contribution in [3.8, 4) is 5.75 Å². The topological polar surface area (TPSA) is 29.5 Å². The maximum absolute atomic E-state index is 10.1. The predicted octanol–water partition coefficient (Wildman–Crippen LogP) is 4.36. The van der Waals surface area contributed by atoms with Crippen LogP contribution < -0.4 is 4.74 Å². The van der Waals surface area contributed by atoms with Crippen molar-refractivity contribution in [1.29, 1.82) is 0 Å². The summed E-state index contributed by atoms with van der Waals surface area (Å²) in [5.74, 6) is 1.72. The molecule has 4 rings (SSSR count). The second-order valence-corrected chi connectivity index (χ2v) is 7.52. The fraction of sp³-hybridized carbons (Fsp3) is 0.600. The summed E-state index contributed by atoms with van der Waals surface area (Å²) in [6, 6.07) is 6.51. The summed E-state index contributed by atoms with van der Waals surface area (Å²) in [7, 11) is 1.78. The van der Waals surface area contributed by atoms with Gasteiger partial charge in [-0.25, -0.2) is 0 Å². The molecule has 3 aliphatic rings. The van der Waals surface area contributed by atoms with Crippen LogP contribution in [0, 0.1) is 11.3 Å². The summed E-state index contributed by atoms with van der Waals surface area (Å²) >= 11 is 0. The molecule has 0 spiro atoms. The number of fused-ring (bicyclic) bond motifs is 4. The lowest BCUT2D eigenvalue weighted by atomic mass is 9.55. The Morgan fingerprint density at radius 2 is 2.05 bits per heavy atom. The van der Waals surface area contributed by atoms with Crippen molar-refractivity contribution in [2.75, 3.05) is 7.11 Å². The lowest BCUT2D eigenvalue weighted by Gasteiger charge is -2.50. The molecule has 1 aromatic carbocycles. The second-order valence-electron chi connectivity index (χ2n) is 7.52. The van der Waals surface area contributed by atoms with E-state index >= 15 is 0 Å². The van der Waals surface area contributed by atoms with E-state index in [2.05, 4.69) is 25.1 Å². The Morgan fingerprint density at radius 3 is 2.86 bits per heavy atom. The summed E-state index contributed by atoms with van der Waals surface area (Å²) in [4.78, 5) is 0. The van der Waals surface area contributed by atoms with E-state index in [1.807, 2.05) is 0 Å². The van der Waals surface area contributed by atoms with Crippen LogP contribution in [-0.4, -0.2) is 18.3 Å². The van der Waals surface area contributed by atoms with Gasteiger partial charge in [-0.2, -0.15) is 0 Å². The Labute approximate surface area is 133 Å². The highest BCUT2D eigenvalue weighted by molar-refractivity contribution is 5.76. The molecule has 0 amide bonds. The van der Waals surface area contributed by atoms with Gasteiger partial charge in [-0.15, -0.1) is 0 Å². The van der Waals surface area contributed by atoms with Gasteiger partial charge in [-0.1, -0.05) is 24.6 Å². The minimum atomic E-state index is -0.0730. The van der Waals surface area contributed by atoms with Crippen LogP contribution in [0.2, 0.25) is 0 Å². The van der Waals surface area contributed by atoms with Crippen molar-refractivity contribution in [3.63, 3.8) is 0 Å². The largest absolute Gasteiger partial charge is 0.496 e. The maximum Gasteiger partial charge on any atom is 0.122 e. The van der Waals surface area contributed by atoms with Gasteiger partial charge in [-0.05, 0) is 73.5 Å². The van der Waals surface area contributed by atoms with Crippen LogP contribution in [0.4, 0.5) is 0 Å². The molecule has 0 heterocycles. The van der Waals surface area contributed by atoms with Gasteiger partial charge in [0, 0.05) is 5.56 Å². The molecule has 1 fully saturated rings. The lowest BCUT2D eigenvalue weighted by Crippen LogP contribution is -2.41. The number of allylic oxidation sites excluding steroid dienone is 2. The van der Waals surface area contributed by atoms with Crippen molar-refractivity contribution in [1.82, 2.24) is 0 Å². The number of hydrogen-bond acceptors (Lipinski definition) is 2. The minimum Gasteiger partial charge on any atom is -0.496 e. The molecule has 118 valence electrons. The number of hydrogen-bond donors (Lipinski definition) is 1. The molecule has 0 unspecified atom stereocenters. The molecule has 3 atom stereocenters. The van der Waals surface area contributed by atoms with E-state index in [1.165, 1.54) is 30.4 Å². The summed E-state index contributed by atoms with van der Waals surface area (Å²) in [6.07, 6.45) is 7.71. The third-order valence-corrected chi connectivity index (χ3v) is 6.55. The minimum absolute atomic E-state index is 0.0730. The smallest absolute Gasteiger partial charge is 0.122 e. The fourth-order valence-corrected chi connectivity index (χ4v) is 5.31. The monoisotopic (exact) mass is 298 g/mol. The van der Waals surface area contributed by atoms with Crippen LogP contribution in [0.5, 0.6) is 5.75 Å². The number of ether oxygens (including phenoxy) is 1. The van der Waals surface area contributed by atoms with Crippen molar-refractivity contribution in [3.05, 3.63) is 34.9 Å². The quantitative estimate of drug-likeness (QED) is 0.835. The Balaban J connectivity index is 1.81. The van der Waals surface area contributed by atoms with Gasteiger partial charge < -0.3 is 9.84 Å². The molecule has 1 saturated carbocycles. The highest BCUT2D eigenvalue weighted by atomic mass is 16.5. The van der Waals surface area contributed by atoms with Gasteiger partial charge in [0.2, 0.25) is 0 Å². The van der Waals surface area contributed by atoms with Crippen LogP contribution in [0.15, 0.2) is 23.8 Å². The molecule has 22 heavy (non-hydrogen) atoms. The zero-order valence-electron chi connectivity index (χ0n) is 13.7. The third kappa shape index (κ3) is 1.96. The van der Waals surface area contributed by atoms with Gasteiger partial charge in [-0.3, -0.25) is 0 Å². The van der Waals surface area contributed by atoms with E-state index in [4.69, 9.17) is 4.74 Å². The highest BCUT2D eigenvalue weighted by Gasteiger charge is 2.46. The van der Waals surface area contributed by atoms with E-state index in [1.54, 1.807) is 18.3 Å². The molecular weight excluding hydrogens is 272 g/mol. The van der Waals surface area contributed by atoms with Crippen LogP contribution in [0.25, 0.3) is 5.57 Å². The molecule has 2 nitrogen and oxygen atoms in total. The molecule has 3 aliphatic carbocycles. The standard InChI is InChI=1S/C20H26O2/c1-20-11-10-14(21)12-13(20)6-7-16-15-4-3-5-19(22-2)17(15)8-9-18(16)20/h3-5,13-14,21H,6-12H2,1-2H3/t13-,14+,20+/m1/s1. The first-order chi connectivity index (χ1) is 10.6. The van der Waals surface area contributed by atoms with Crippen LogP contribution in [0.1, 0.15) is 56.6 Å². The molecule has 0 bridgehead atoms. The predicted molar refractivity (Wildman–Crippen MR) is 88.9 cm³/mol. The molecule has 1 N–H and O–H groups in total. The highest BCUT2D eigenvalue weighted by Crippen LogP contribution is 2.57. The van der Waals surface area contributed by atoms with Gasteiger partial charge in [0.15, 0.2) is 0 Å². The molecule has 1 aromatic rings. The average molecular weight is 298 g/mol. The van der Waals surface area contributed by atoms with Gasteiger partial charge in [0.1, 0.15) is 5.75 Å². The Hall–Kier alpha value is -1.28. The van der Waals surface area contributed by atoms with Crippen LogP contribution >= 0.6 is 0 Å². The maximum atomic E-state index is 10.1. The van der Waals surface area contributed by atoms with Gasteiger partial charge >= 0.3 is 0 Å². The normalized spacial score (nSPS) is 33.8. The van der Waals surface area contributed by atoms with Crippen molar-refractivity contribution in [2.45, 2.75) is 58.0 Å². The summed E-state index contributed by atoms with van der Waals surface area (Å²) in [6.45, 7) is 2.46. The van der Waals surface area contributed by atoms with E-state index in [-0.39, 0.29) is 6.10 Å². The molecular formula is C20H26O2. The number of rotatable bonds is 1. The van der Waals surface area contributed by atoms with Crippen LogP contribution in [0.3, 0.4) is 0 Å². The number of benzene rings is 1. The Kier molecular flexibility index (Phi) is 3.34. The number of methoxy groups -OCH3 is 1. The number of aliphatic hydroxyl groups excluding tert-OH is 1. The van der Waals surface area contributed by atoms with E-state index in [0.717, 1.165) is 31.4 Å². The number of aliphatic hydroxyl groups is 1. The summed E-state index contributed by atoms with van der Waals surface area (Å²) in [5, 5.41) is 10.1. The molecule has 0 aliphatic heterocycles. The van der Waals surface area contributed by atoms with Gasteiger partial charge in [0.25, 0.3) is 0 Å². The van der Waals surface area contributed by atoms with Crippen molar-refractivity contribution >= 4 is 5.57 Å². The SMILES string of the molecule is COc1cccc2c1CCC1=C2CC[C@@H]2C[C@@H](O)CC[C@]12C.